The van der Waals surface area contributed by atoms with E-state index in [0.717, 1.165) is 0 Å². The predicted molar refractivity (Wildman–Crippen MR) is 61.6 cm³/mol. The van der Waals surface area contributed by atoms with E-state index in [1.54, 1.807) is 30.3 Å². The third-order valence-electron chi connectivity index (χ3n) is 2.93. The van der Waals surface area contributed by atoms with E-state index in [2.05, 4.69) is 0 Å². The summed E-state index contributed by atoms with van der Waals surface area (Å²) in [6.45, 7) is 0. The lowest BCUT2D eigenvalue weighted by Gasteiger charge is -2.28. The number of rotatable bonds is 6. The highest BCUT2D eigenvalue weighted by molar-refractivity contribution is 5.35. The minimum Gasteiger partial charge on any atom is -0.198 e. The van der Waals surface area contributed by atoms with Crippen LogP contribution in [0.1, 0.15) is 32.1 Å². The van der Waals surface area contributed by atoms with Crippen molar-refractivity contribution in [1.82, 2.24) is 0 Å². The third kappa shape index (κ3) is 2.99. The average Bonchev–Trinajstić information content (AvgIpc) is 2.46. The van der Waals surface area contributed by atoms with Gasteiger partial charge in [0.15, 0.2) is 10.8 Å². The molecule has 0 rings (SSSR count). The minimum absolute atomic E-state index is 0.00944. The van der Waals surface area contributed by atoms with Gasteiger partial charge in [-0.1, -0.05) is 0 Å². The lowest BCUT2D eigenvalue weighted by molar-refractivity contribution is 0.275. The molecule has 0 aromatic carbocycles. The smallest absolute Gasteiger partial charge is 0.188 e. The van der Waals surface area contributed by atoms with Crippen molar-refractivity contribution < 1.29 is 0 Å². The van der Waals surface area contributed by atoms with Crippen molar-refractivity contribution in [3.63, 3.8) is 0 Å². The van der Waals surface area contributed by atoms with Crippen LogP contribution in [-0.4, -0.2) is 0 Å². The third-order valence-corrected chi connectivity index (χ3v) is 2.93. The Morgan fingerprint density at radius 2 is 1.16 bits per heavy atom. The summed E-state index contributed by atoms with van der Waals surface area (Å²) in [5.41, 5.74) is -3.81. The van der Waals surface area contributed by atoms with Gasteiger partial charge in [0.2, 0.25) is 0 Å². The second-order valence-corrected chi connectivity index (χ2v) is 3.96. The Hall–Kier alpha value is -3.06. The Kier molecular flexibility index (Phi) is 6.13. The van der Waals surface area contributed by atoms with Gasteiger partial charge in [-0.05, 0) is 19.3 Å². The molecule has 0 saturated heterocycles. The quantitative estimate of drug-likeness (QED) is 0.660. The van der Waals surface area contributed by atoms with E-state index in [-0.39, 0.29) is 12.8 Å². The van der Waals surface area contributed by atoms with Crippen LogP contribution >= 0.6 is 0 Å². The first-order valence-electron chi connectivity index (χ1n) is 5.51. The zero-order valence-electron chi connectivity index (χ0n) is 10.2. The van der Waals surface area contributed by atoms with Crippen LogP contribution in [0.3, 0.4) is 0 Å². The van der Waals surface area contributed by atoms with E-state index in [1.165, 1.54) is 0 Å². The van der Waals surface area contributed by atoms with Gasteiger partial charge in [0.1, 0.15) is 0 Å². The molecule has 0 aromatic heterocycles. The Morgan fingerprint density at radius 1 is 0.632 bits per heavy atom. The predicted octanol–water partition coefficient (Wildman–Crippen LogP) is 2.05. The van der Waals surface area contributed by atoms with Crippen LogP contribution in [0, 0.1) is 78.8 Å². The highest BCUT2D eigenvalue weighted by Crippen LogP contribution is 2.44. The first-order valence-corrected chi connectivity index (χ1v) is 5.51. The lowest BCUT2D eigenvalue weighted by atomic mass is 9.62. The van der Waals surface area contributed by atoms with E-state index >= 15 is 0 Å². The number of nitrogens with zero attached hydrogens (tertiary/aromatic N) is 6. The Labute approximate surface area is 111 Å². The summed E-state index contributed by atoms with van der Waals surface area (Å²) in [7, 11) is 0. The van der Waals surface area contributed by atoms with Crippen molar-refractivity contribution in [3.8, 4) is 36.4 Å². The standard InChI is InChI=1S/C13H10N6/c14-6-3-1-2-4-12(8-16,9-17)13(10-18,11-19)5-7-15/h1-5H2. The Bertz CT molecular complexity index is 535. The Morgan fingerprint density at radius 3 is 1.53 bits per heavy atom. The summed E-state index contributed by atoms with van der Waals surface area (Å²) in [4.78, 5) is 0. The molecule has 0 aliphatic rings. The van der Waals surface area contributed by atoms with Gasteiger partial charge in [-0.2, -0.15) is 31.6 Å². The van der Waals surface area contributed by atoms with Crippen molar-refractivity contribution in [2.45, 2.75) is 32.1 Å². The maximum Gasteiger partial charge on any atom is 0.188 e. The zero-order valence-corrected chi connectivity index (χ0v) is 10.2. The second kappa shape index (κ2) is 7.30. The van der Waals surface area contributed by atoms with E-state index < -0.39 is 17.3 Å². The molecule has 0 unspecified atom stereocenters. The van der Waals surface area contributed by atoms with Gasteiger partial charge in [0.25, 0.3) is 0 Å². The van der Waals surface area contributed by atoms with Crippen LogP contribution in [0.2, 0.25) is 0 Å². The summed E-state index contributed by atoms with van der Waals surface area (Å²) in [6, 6.07) is 10.4. The number of hydrogen-bond donors (Lipinski definition) is 0. The summed E-state index contributed by atoms with van der Waals surface area (Å²) in [5, 5.41) is 53.8. The van der Waals surface area contributed by atoms with Crippen molar-refractivity contribution in [3.05, 3.63) is 0 Å². The van der Waals surface area contributed by atoms with E-state index in [1.807, 2.05) is 6.07 Å². The summed E-state index contributed by atoms with van der Waals surface area (Å²) < 4.78 is 0. The molecular weight excluding hydrogens is 240 g/mol. The van der Waals surface area contributed by atoms with Gasteiger partial charge >= 0.3 is 0 Å². The molecule has 6 nitrogen and oxygen atoms in total. The van der Waals surface area contributed by atoms with Crippen molar-refractivity contribution in [2.24, 2.45) is 10.8 Å². The molecule has 0 N–H and O–H groups in total. The van der Waals surface area contributed by atoms with Crippen LogP contribution in [0.15, 0.2) is 0 Å². The normalized spacial score (nSPS) is 9.79. The van der Waals surface area contributed by atoms with E-state index in [9.17, 15) is 10.5 Å². The first-order chi connectivity index (χ1) is 9.11. The molecule has 0 aliphatic heterocycles. The minimum atomic E-state index is -1.96. The molecule has 0 atom stereocenters. The molecule has 0 spiro atoms. The van der Waals surface area contributed by atoms with Gasteiger partial charge < -0.3 is 0 Å². The topological polar surface area (TPSA) is 143 Å². The molecule has 0 aromatic rings. The highest BCUT2D eigenvalue weighted by atomic mass is 14.6. The van der Waals surface area contributed by atoms with Crippen molar-refractivity contribution in [1.29, 1.82) is 31.6 Å². The average molecular weight is 250 g/mol. The molecule has 19 heavy (non-hydrogen) atoms. The molecule has 0 bridgehead atoms. The monoisotopic (exact) mass is 250 g/mol. The molecule has 0 aliphatic carbocycles. The first kappa shape index (κ1) is 15.9. The van der Waals surface area contributed by atoms with Crippen molar-refractivity contribution >= 4 is 0 Å². The maximum atomic E-state index is 9.21. The van der Waals surface area contributed by atoms with Crippen LogP contribution in [0.25, 0.3) is 0 Å². The molecule has 0 saturated carbocycles. The van der Waals surface area contributed by atoms with Gasteiger partial charge in [-0.3, -0.25) is 0 Å². The fourth-order valence-corrected chi connectivity index (χ4v) is 1.70. The molecule has 6 heteroatoms. The second-order valence-electron chi connectivity index (χ2n) is 3.96. The highest BCUT2D eigenvalue weighted by Gasteiger charge is 2.54. The van der Waals surface area contributed by atoms with E-state index in [0.29, 0.717) is 12.8 Å². The van der Waals surface area contributed by atoms with Crippen LogP contribution in [-0.2, 0) is 0 Å². The summed E-state index contributed by atoms with van der Waals surface area (Å²) >= 11 is 0. The van der Waals surface area contributed by atoms with Crippen LogP contribution < -0.4 is 0 Å². The van der Waals surface area contributed by atoms with Gasteiger partial charge in [-0.25, -0.2) is 0 Å². The number of nitriles is 6. The van der Waals surface area contributed by atoms with Gasteiger partial charge in [-0.15, -0.1) is 0 Å². The Balaban J connectivity index is 5.43. The van der Waals surface area contributed by atoms with E-state index in [4.69, 9.17) is 21.0 Å². The van der Waals surface area contributed by atoms with Crippen molar-refractivity contribution in [2.75, 3.05) is 0 Å². The van der Waals surface area contributed by atoms with Crippen LogP contribution in [0.4, 0.5) is 0 Å². The molecule has 0 amide bonds. The summed E-state index contributed by atoms with van der Waals surface area (Å²) in [6.07, 6.45) is 0.605. The van der Waals surface area contributed by atoms with Crippen LogP contribution in [0.5, 0.6) is 0 Å². The lowest BCUT2D eigenvalue weighted by Crippen LogP contribution is -2.38. The fraction of sp³-hybridized carbons (Fsp3) is 0.538. The molecular formula is C13H10N6. The molecule has 0 heterocycles. The van der Waals surface area contributed by atoms with Gasteiger partial charge in [0.05, 0.1) is 42.8 Å². The fourth-order valence-electron chi connectivity index (χ4n) is 1.70. The molecule has 92 valence electrons. The zero-order chi connectivity index (χ0) is 14.8. The summed E-state index contributed by atoms with van der Waals surface area (Å²) in [5.74, 6) is 0. The van der Waals surface area contributed by atoms with Gasteiger partial charge in [0, 0.05) is 6.42 Å². The largest absolute Gasteiger partial charge is 0.198 e. The molecule has 0 fully saturated rings. The molecule has 0 radical (unpaired) electrons. The SMILES string of the molecule is N#CCCCCC(C#N)(C#N)C(C#N)(C#N)CC#N. The maximum absolute atomic E-state index is 9.21. The number of hydrogen-bond acceptors (Lipinski definition) is 6. The number of unbranched alkanes of at least 4 members (excludes halogenated alkanes) is 2.